The van der Waals surface area contributed by atoms with Crippen LogP contribution < -0.4 is 4.74 Å². The summed E-state index contributed by atoms with van der Waals surface area (Å²) in [6.45, 7) is 0. The van der Waals surface area contributed by atoms with E-state index in [1.165, 1.54) is 0 Å². The number of aliphatic hydroxyl groups excluding tert-OH is 1. The van der Waals surface area contributed by atoms with Crippen molar-refractivity contribution in [1.82, 2.24) is 0 Å². The lowest BCUT2D eigenvalue weighted by Gasteiger charge is -2.11. The van der Waals surface area contributed by atoms with Crippen LogP contribution in [-0.2, 0) is 0 Å². The van der Waals surface area contributed by atoms with Gasteiger partial charge < -0.3 is 9.84 Å². The summed E-state index contributed by atoms with van der Waals surface area (Å²) in [6.07, 6.45) is -0.657. The van der Waals surface area contributed by atoms with Gasteiger partial charge in [-0.25, -0.2) is 0 Å². The third-order valence-corrected chi connectivity index (χ3v) is 4.66. The molecule has 0 heterocycles. The van der Waals surface area contributed by atoms with E-state index in [1.807, 2.05) is 91.0 Å². The summed E-state index contributed by atoms with van der Waals surface area (Å²) in [4.78, 5) is 0. The second-order valence-electron chi connectivity index (χ2n) is 6.44. The molecule has 0 saturated heterocycles. The Hall–Kier alpha value is -3.50. The van der Waals surface area contributed by atoms with Gasteiger partial charge in [-0.3, -0.25) is 0 Å². The van der Waals surface area contributed by atoms with E-state index in [9.17, 15) is 5.11 Å². The van der Waals surface area contributed by atoms with Gasteiger partial charge in [-0.2, -0.15) is 5.11 Å². The molecular weight excluding hydrogens is 348 g/mol. The second kappa shape index (κ2) is 8.03. The largest absolute Gasteiger partial charge is 0.496 e. The molecule has 0 amide bonds. The molecule has 0 spiro atoms. The van der Waals surface area contributed by atoms with Gasteiger partial charge in [0.2, 0.25) is 0 Å². The Morgan fingerprint density at radius 3 is 2.00 bits per heavy atom. The van der Waals surface area contributed by atoms with E-state index in [0.717, 1.165) is 39.4 Å². The monoisotopic (exact) mass is 368 g/mol. The first-order valence-electron chi connectivity index (χ1n) is 9.07. The molecule has 0 aliphatic heterocycles. The summed E-state index contributed by atoms with van der Waals surface area (Å²) in [5.74, 6) is 0.779. The van der Waals surface area contributed by atoms with Gasteiger partial charge in [0.25, 0.3) is 0 Å². The summed E-state index contributed by atoms with van der Waals surface area (Å²) >= 11 is 0. The number of nitrogens with zero attached hydrogens (tertiary/aromatic N) is 2. The molecule has 4 rings (SSSR count). The second-order valence-corrected chi connectivity index (χ2v) is 6.44. The smallest absolute Gasteiger partial charge is 0.129 e. The van der Waals surface area contributed by atoms with Crippen LogP contribution in [0.4, 0.5) is 11.4 Å². The predicted molar refractivity (Wildman–Crippen MR) is 111 cm³/mol. The molecule has 1 N–H and O–H groups in total. The van der Waals surface area contributed by atoms with Gasteiger partial charge in [0, 0.05) is 17.2 Å². The quantitative estimate of drug-likeness (QED) is 0.420. The van der Waals surface area contributed by atoms with Crippen LogP contribution in [0.1, 0.15) is 17.2 Å². The van der Waals surface area contributed by atoms with Gasteiger partial charge in [0.1, 0.15) is 11.9 Å². The minimum Gasteiger partial charge on any atom is -0.496 e. The normalized spacial score (nSPS) is 12.4. The van der Waals surface area contributed by atoms with Gasteiger partial charge in [0.15, 0.2) is 0 Å². The first kappa shape index (κ1) is 17.9. The number of rotatable bonds is 5. The molecule has 138 valence electrons. The summed E-state index contributed by atoms with van der Waals surface area (Å²) in [5.41, 5.74) is 5.15. The lowest BCUT2D eigenvalue weighted by molar-refractivity contribution is 0.220. The van der Waals surface area contributed by atoms with Gasteiger partial charge >= 0.3 is 0 Å². The van der Waals surface area contributed by atoms with Crippen LogP contribution in [0.5, 0.6) is 5.75 Å². The molecule has 2 aromatic rings. The van der Waals surface area contributed by atoms with Crippen molar-refractivity contribution >= 4 is 11.4 Å². The summed E-state index contributed by atoms with van der Waals surface area (Å²) < 4.78 is 5.46. The zero-order valence-corrected chi connectivity index (χ0v) is 15.5. The molecule has 0 saturated carbocycles. The third kappa shape index (κ3) is 3.63. The Labute approximate surface area is 164 Å². The lowest BCUT2D eigenvalue weighted by atomic mass is 10.0. The molecule has 28 heavy (non-hydrogen) atoms. The molecule has 2 aliphatic carbocycles. The predicted octanol–water partition coefficient (Wildman–Crippen LogP) is 6.30. The van der Waals surface area contributed by atoms with Crippen molar-refractivity contribution in [3.05, 3.63) is 102 Å². The fraction of sp³-hybridized carbons (Fsp3) is 0.0833. The van der Waals surface area contributed by atoms with E-state index in [1.54, 1.807) is 7.11 Å². The highest BCUT2D eigenvalue weighted by Crippen LogP contribution is 2.42. The minimum absolute atomic E-state index is 0.657. The van der Waals surface area contributed by atoms with Crippen LogP contribution in [0.15, 0.2) is 101 Å². The van der Waals surface area contributed by atoms with Crippen LogP contribution in [0.25, 0.3) is 11.1 Å². The fourth-order valence-corrected chi connectivity index (χ4v) is 3.18. The number of aliphatic hydroxyl groups is 1. The maximum atomic E-state index is 10.5. The van der Waals surface area contributed by atoms with Crippen molar-refractivity contribution in [2.45, 2.75) is 6.10 Å². The molecular formula is C24H20N2O2. The third-order valence-electron chi connectivity index (χ3n) is 4.66. The molecule has 4 nitrogen and oxygen atoms in total. The Morgan fingerprint density at radius 2 is 1.32 bits per heavy atom. The molecule has 0 bridgehead atoms. The van der Waals surface area contributed by atoms with E-state index >= 15 is 0 Å². The topological polar surface area (TPSA) is 54.2 Å². The van der Waals surface area contributed by atoms with Crippen molar-refractivity contribution in [2.75, 3.05) is 7.11 Å². The number of hydrogen-bond acceptors (Lipinski definition) is 4. The van der Waals surface area contributed by atoms with Gasteiger partial charge in [-0.1, -0.05) is 72.8 Å². The SMILES string of the molecule is COc1cc(N=Nc2ccc(C(O)c3ccccc3)cc2)c2cccccc1-2. The van der Waals surface area contributed by atoms with Gasteiger partial charge in [-0.15, -0.1) is 5.11 Å². The molecule has 0 aromatic heterocycles. The number of ether oxygens (including phenoxy) is 1. The van der Waals surface area contributed by atoms with Crippen LogP contribution >= 0.6 is 0 Å². The fourth-order valence-electron chi connectivity index (χ4n) is 3.18. The summed E-state index contributed by atoms with van der Waals surface area (Å²) in [5, 5.41) is 19.3. The zero-order chi connectivity index (χ0) is 19.3. The Bertz CT molecular complexity index is 1060. The summed E-state index contributed by atoms with van der Waals surface area (Å²) in [6, 6.07) is 28.9. The number of benzene rings is 2. The van der Waals surface area contributed by atoms with Crippen LogP contribution in [0.2, 0.25) is 0 Å². The van der Waals surface area contributed by atoms with E-state index in [-0.39, 0.29) is 0 Å². The maximum Gasteiger partial charge on any atom is 0.129 e. The van der Waals surface area contributed by atoms with Crippen LogP contribution in [0, 0.1) is 0 Å². The molecule has 4 heteroatoms. The van der Waals surface area contributed by atoms with Crippen LogP contribution in [0.3, 0.4) is 0 Å². The molecule has 1 atom stereocenters. The standard InChI is InChI=1S/C24H20N2O2/c1-28-23-16-22(20-10-6-3-7-11-21(20)23)26-25-19-14-12-18(13-15-19)24(27)17-8-4-2-5-9-17/h2-16,24,27H,1H3. The Morgan fingerprint density at radius 1 is 0.714 bits per heavy atom. The average molecular weight is 368 g/mol. The highest BCUT2D eigenvalue weighted by Gasteiger charge is 2.15. The van der Waals surface area contributed by atoms with Crippen molar-refractivity contribution in [3.8, 4) is 16.9 Å². The maximum absolute atomic E-state index is 10.5. The molecule has 0 radical (unpaired) electrons. The first-order valence-corrected chi connectivity index (χ1v) is 9.07. The summed E-state index contributed by atoms with van der Waals surface area (Å²) in [7, 11) is 1.65. The van der Waals surface area contributed by atoms with Crippen molar-refractivity contribution in [1.29, 1.82) is 0 Å². The highest BCUT2D eigenvalue weighted by molar-refractivity contribution is 5.85. The van der Waals surface area contributed by atoms with Crippen LogP contribution in [-0.4, -0.2) is 12.2 Å². The first-order chi connectivity index (χ1) is 13.8. The van der Waals surface area contributed by atoms with E-state index < -0.39 is 6.10 Å². The molecule has 2 aliphatic rings. The van der Waals surface area contributed by atoms with E-state index in [2.05, 4.69) is 10.2 Å². The number of fused-ring (bicyclic) bond motifs is 1. The van der Waals surface area contributed by atoms with Crippen molar-refractivity contribution < 1.29 is 9.84 Å². The average Bonchev–Trinajstić information content (AvgIpc) is 2.91. The van der Waals surface area contributed by atoms with Crippen molar-refractivity contribution in [2.24, 2.45) is 10.2 Å². The molecule has 0 fully saturated rings. The number of methoxy groups -OCH3 is 1. The Kier molecular flexibility index (Phi) is 5.13. The zero-order valence-electron chi connectivity index (χ0n) is 15.5. The van der Waals surface area contributed by atoms with E-state index in [4.69, 9.17) is 4.74 Å². The molecule has 1 unspecified atom stereocenters. The number of azo groups is 1. The minimum atomic E-state index is -0.657. The van der Waals surface area contributed by atoms with Gasteiger partial charge in [0.05, 0.1) is 18.5 Å². The number of hydrogen-bond donors (Lipinski definition) is 1. The highest BCUT2D eigenvalue weighted by atomic mass is 16.5. The van der Waals surface area contributed by atoms with Crippen molar-refractivity contribution in [3.63, 3.8) is 0 Å². The van der Waals surface area contributed by atoms with Gasteiger partial charge in [-0.05, 0) is 23.3 Å². The Balaban J connectivity index is 1.57. The lowest BCUT2D eigenvalue weighted by Crippen LogP contribution is -1.98. The van der Waals surface area contributed by atoms with E-state index in [0.29, 0.717) is 0 Å². The molecule has 2 aromatic carbocycles.